The van der Waals surface area contributed by atoms with Gasteiger partial charge in [-0.2, -0.15) is 0 Å². The summed E-state index contributed by atoms with van der Waals surface area (Å²) in [6, 6.07) is -0.384. The highest BCUT2D eigenvalue weighted by Crippen LogP contribution is 2.18. The number of nitrogens with zero attached hydrogens (tertiary/aromatic N) is 1. The van der Waals surface area contributed by atoms with Crippen LogP contribution in [0.15, 0.2) is 12.2 Å². The number of carbonyl (C=O) groups is 2. The van der Waals surface area contributed by atoms with Crippen LogP contribution in [-0.4, -0.2) is 54.9 Å². The molecular formula is C12H20N2O4. The van der Waals surface area contributed by atoms with E-state index in [0.717, 1.165) is 0 Å². The third kappa shape index (κ3) is 4.03. The van der Waals surface area contributed by atoms with Gasteiger partial charge in [-0.25, -0.2) is 4.79 Å². The standard InChI is InChI=1S/C12H20N2O4/c1-3-14(6-7-18-2)12(17)13-10-5-4-9(8-10)11(15)16/h4-5,9-10H,3,6-8H2,1-2H3,(H,13,17)(H,15,16). The molecule has 0 aromatic heterocycles. The summed E-state index contributed by atoms with van der Waals surface area (Å²) >= 11 is 0. The van der Waals surface area contributed by atoms with Crippen molar-refractivity contribution in [2.24, 2.45) is 5.92 Å². The van der Waals surface area contributed by atoms with Crippen LogP contribution in [0, 0.1) is 5.92 Å². The van der Waals surface area contributed by atoms with Crippen molar-refractivity contribution in [1.82, 2.24) is 10.2 Å². The molecule has 2 atom stereocenters. The first-order valence-corrected chi connectivity index (χ1v) is 6.04. The molecule has 0 aromatic rings. The number of urea groups is 1. The first-order valence-electron chi connectivity index (χ1n) is 6.04. The molecule has 2 amide bonds. The summed E-state index contributed by atoms with van der Waals surface area (Å²) in [5.74, 6) is -1.35. The Labute approximate surface area is 107 Å². The van der Waals surface area contributed by atoms with Crippen molar-refractivity contribution in [3.05, 3.63) is 12.2 Å². The van der Waals surface area contributed by atoms with Crippen LogP contribution in [0.25, 0.3) is 0 Å². The first kappa shape index (κ1) is 14.5. The maximum absolute atomic E-state index is 11.9. The van der Waals surface area contributed by atoms with Gasteiger partial charge in [0.25, 0.3) is 0 Å². The van der Waals surface area contributed by atoms with Crippen molar-refractivity contribution in [3.8, 4) is 0 Å². The molecule has 0 fully saturated rings. The molecule has 1 aliphatic carbocycles. The van der Waals surface area contributed by atoms with Crippen molar-refractivity contribution in [2.75, 3.05) is 26.8 Å². The molecule has 2 N–H and O–H groups in total. The number of nitrogens with one attached hydrogen (secondary N) is 1. The number of amides is 2. The molecular weight excluding hydrogens is 236 g/mol. The largest absolute Gasteiger partial charge is 0.481 e. The number of carboxylic acid groups (broad SMARTS) is 1. The molecule has 18 heavy (non-hydrogen) atoms. The third-order valence-electron chi connectivity index (χ3n) is 2.94. The summed E-state index contributed by atoms with van der Waals surface area (Å²) in [5, 5.41) is 11.7. The Kier molecular flexibility index (Phi) is 5.64. The lowest BCUT2D eigenvalue weighted by molar-refractivity contribution is -0.140. The summed E-state index contributed by atoms with van der Waals surface area (Å²) in [6.07, 6.45) is 3.78. The zero-order chi connectivity index (χ0) is 13.5. The summed E-state index contributed by atoms with van der Waals surface area (Å²) in [4.78, 5) is 24.3. The number of aliphatic carboxylic acids is 1. The molecule has 1 aliphatic rings. The van der Waals surface area contributed by atoms with Crippen LogP contribution in [-0.2, 0) is 9.53 Å². The second-order valence-electron chi connectivity index (χ2n) is 4.19. The van der Waals surface area contributed by atoms with E-state index in [1.54, 1.807) is 24.2 Å². The van der Waals surface area contributed by atoms with Crippen LogP contribution in [0.4, 0.5) is 4.79 Å². The molecule has 0 spiro atoms. The van der Waals surface area contributed by atoms with E-state index in [9.17, 15) is 9.59 Å². The van der Waals surface area contributed by atoms with Gasteiger partial charge in [0.15, 0.2) is 0 Å². The minimum absolute atomic E-state index is 0.185. The first-order chi connectivity index (χ1) is 8.58. The Balaban J connectivity index is 2.40. The van der Waals surface area contributed by atoms with Gasteiger partial charge in [-0.1, -0.05) is 12.2 Å². The van der Waals surface area contributed by atoms with E-state index in [1.807, 2.05) is 6.92 Å². The number of hydrogen-bond donors (Lipinski definition) is 2. The second-order valence-corrected chi connectivity index (χ2v) is 4.19. The van der Waals surface area contributed by atoms with Crippen LogP contribution in [0.2, 0.25) is 0 Å². The highest BCUT2D eigenvalue weighted by molar-refractivity contribution is 5.76. The molecule has 0 radical (unpaired) electrons. The Morgan fingerprint density at radius 3 is 2.72 bits per heavy atom. The Bertz CT molecular complexity index is 330. The minimum Gasteiger partial charge on any atom is -0.481 e. The van der Waals surface area contributed by atoms with Gasteiger partial charge < -0.3 is 20.1 Å². The normalized spacial score (nSPS) is 21.9. The van der Waals surface area contributed by atoms with Crippen molar-refractivity contribution in [1.29, 1.82) is 0 Å². The smallest absolute Gasteiger partial charge is 0.317 e. The highest BCUT2D eigenvalue weighted by atomic mass is 16.5. The average Bonchev–Trinajstić information content (AvgIpc) is 2.78. The average molecular weight is 256 g/mol. The van der Waals surface area contributed by atoms with Crippen molar-refractivity contribution >= 4 is 12.0 Å². The topological polar surface area (TPSA) is 78.9 Å². The van der Waals surface area contributed by atoms with Crippen molar-refractivity contribution in [2.45, 2.75) is 19.4 Å². The monoisotopic (exact) mass is 256 g/mol. The van der Waals surface area contributed by atoms with Gasteiger partial charge in [-0.05, 0) is 13.3 Å². The van der Waals surface area contributed by atoms with Crippen LogP contribution in [0.1, 0.15) is 13.3 Å². The molecule has 102 valence electrons. The Morgan fingerprint density at radius 1 is 1.50 bits per heavy atom. The van der Waals surface area contributed by atoms with Gasteiger partial charge >= 0.3 is 12.0 Å². The number of carboxylic acids is 1. The van der Waals surface area contributed by atoms with Crippen molar-refractivity contribution < 1.29 is 19.4 Å². The molecule has 0 saturated carbocycles. The van der Waals surface area contributed by atoms with Gasteiger partial charge in [0, 0.05) is 20.2 Å². The zero-order valence-corrected chi connectivity index (χ0v) is 10.8. The van der Waals surface area contributed by atoms with E-state index in [1.165, 1.54) is 0 Å². The maximum Gasteiger partial charge on any atom is 0.317 e. The quantitative estimate of drug-likeness (QED) is 0.685. The molecule has 0 heterocycles. The summed E-state index contributed by atoms with van der Waals surface area (Å²) < 4.78 is 4.93. The number of hydrogen-bond acceptors (Lipinski definition) is 3. The van der Waals surface area contributed by atoms with Gasteiger partial charge in [-0.3, -0.25) is 4.79 Å². The minimum atomic E-state index is -0.852. The molecule has 2 unspecified atom stereocenters. The Morgan fingerprint density at radius 2 is 2.22 bits per heavy atom. The summed E-state index contributed by atoms with van der Waals surface area (Å²) in [6.45, 7) is 3.49. The fraction of sp³-hybridized carbons (Fsp3) is 0.667. The van der Waals surface area contributed by atoms with Gasteiger partial charge in [0.05, 0.1) is 18.6 Å². The molecule has 6 nitrogen and oxygen atoms in total. The molecule has 6 heteroatoms. The number of carbonyl (C=O) groups excluding carboxylic acids is 1. The highest BCUT2D eigenvalue weighted by Gasteiger charge is 2.26. The number of methoxy groups -OCH3 is 1. The molecule has 0 aliphatic heterocycles. The number of ether oxygens (including phenoxy) is 1. The second kappa shape index (κ2) is 7.00. The molecule has 1 rings (SSSR count). The molecule has 0 saturated heterocycles. The van der Waals surface area contributed by atoms with E-state index in [-0.39, 0.29) is 12.1 Å². The summed E-state index contributed by atoms with van der Waals surface area (Å²) in [7, 11) is 1.59. The number of rotatable bonds is 6. The summed E-state index contributed by atoms with van der Waals surface area (Å²) in [5.41, 5.74) is 0. The molecule has 0 aromatic carbocycles. The fourth-order valence-corrected chi connectivity index (χ4v) is 1.84. The van der Waals surface area contributed by atoms with Gasteiger partial charge in [0.2, 0.25) is 0 Å². The van der Waals surface area contributed by atoms with Gasteiger partial charge in [0.1, 0.15) is 0 Å². The predicted molar refractivity (Wildman–Crippen MR) is 66.3 cm³/mol. The lowest BCUT2D eigenvalue weighted by Crippen LogP contribution is -2.45. The fourth-order valence-electron chi connectivity index (χ4n) is 1.84. The van der Waals surface area contributed by atoms with E-state index >= 15 is 0 Å². The third-order valence-corrected chi connectivity index (χ3v) is 2.94. The number of likely N-dealkylation sites (N-methyl/N-ethyl adjacent to an activating group) is 1. The van der Waals surface area contributed by atoms with Crippen LogP contribution in [0.5, 0.6) is 0 Å². The van der Waals surface area contributed by atoms with Crippen LogP contribution < -0.4 is 5.32 Å². The van der Waals surface area contributed by atoms with E-state index < -0.39 is 11.9 Å². The van der Waals surface area contributed by atoms with E-state index in [4.69, 9.17) is 9.84 Å². The van der Waals surface area contributed by atoms with E-state index in [0.29, 0.717) is 26.1 Å². The van der Waals surface area contributed by atoms with E-state index in [2.05, 4.69) is 5.32 Å². The van der Waals surface area contributed by atoms with Crippen molar-refractivity contribution in [3.63, 3.8) is 0 Å². The zero-order valence-electron chi connectivity index (χ0n) is 10.8. The maximum atomic E-state index is 11.9. The van der Waals surface area contributed by atoms with Crippen LogP contribution in [0.3, 0.4) is 0 Å². The van der Waals surface area contributed by atoms with Gasteiger partial charge in [-0.15, -0.1) is 0 Å². The van der Waals surface area contributed by atoms with Crippen LogP contribution >= 0.6 is 0 Å². The predicted octanol–water partition coefficient (Wildman–Crippen LogP) is 0.694. The SMILES string of the molecule is CCN(CCOC)C(=O)NC1C=CC(C(=O)O)C1. The lowest BCUT2D eigenvalue weighted by atomic mass is 10.1. The Hall–Kier alpha value is -1.56. The molecule has 0 bridgehead atoms. The lowest BCUT2D eigenvalue weighted by Gasteiger charge is -2.23.